The number of hydrogen-bond acceptors (Lipinski definition) is 4. The molecule has 0 saturated heterocycles. The molecule has 0 radical (unpaired) electrons. The van der Waals surface area contributed by atoms with Crippen molar-refractivity contribution in [2.24, 2.45) is 12.8 Å². The smallest absolute Gasteiger partial charge is 0.136 e. The summed E-state index contributed by atoms with van der Waals surface area (Å²) in [5.41, 5.74) is 9.49. The van der Waals surface area contributed by atoms with E-state index in [-0.39, 0.29) is 0 Å². The van der Waals surface area contributed by atoms with Gasteiger partial charge in [-0.15, -0.1) is 0 Å². The average molecular weight is 347 g/mol. The largest absolute Gasteiger partial charge is 0.356 e. The number of rotatable bonds is 5. The van der Waals surface area contributed by atoms with Crippen molar-refractivity contribution in [1.82, 2.24) is 14.5 Å². The fraction of sp³-hybridized carbons (Fsp3) is 0.333. The Labute approximate surface area is 153 Å². The molecule has 0 fully saturated rings. The molecule has 5 heteroatoms. The third-order valence-corrected chi connectivity index (χ3v) is 5.37. The summed E-state index contributed by atoms with van der Waals surface area (Å²) in [6.45, 7) is 6.91. The van der Waals surface area contributed by atoms with Crippen molar-refractivity contribution in [3.63, 3.8) is 0 Å². The fourth-order valence-electron chi connectivity index (χ4n) is 4.07. The van der Waals surface area contributed by atoms with Crippen molar-refractivity contribution in [3.8, 4) is 0 Å². The number of fused-ring (bicyclic) bond motifs is 4. The zero-order valence-electron chi connectivity index (χ0n) is 15.7. The zero-order valence-corrected chi connectivity index (χ0v) is 15.7. The molecule has 0 aliphatic carbocycles. The lowest BCUT2D eigenvalue weighted by molar-refractivity contribution is 0.748. The fourth-order valence-corrected chi connectivity index (χ4v) is 4.07. The van der Waals surface area contributed by atoms with Crippen LogP contribution in [0.3, 0.4) is 0 Å². The molecule has 5 nitrogen and oxygen atoms in total. The number of anilines is 1. The highest BCUT2D eigenvalue weighted by molar-refractivity contribution is 6.15. The molecule has 3 aromatic heterocycles. The maximum Gasteiger partial charge on any atom is 0.136 e. The molecule has 3 heterocycles. The van der Waals surface area contributed by atoms with Gasteiger partial charge in [-0.1, -0.05) is 0 Å². The molecule has 0 unspecified atom stereocenters. The molecule has 0 saturated carbocycles. The molecule has 4 aromatic rings. The maximum atomic E-state index is 5.73. The third-order valence-electron chi connectivity index (χ3n) is 5.37. The predicted octanol–water partition coefficient (Wildman–Crippen LogP) is 3.76. The van der Waals surface area contributed by atoms with Crippen LogP contribution in [-0.4, -0.2) is 34.2 Å². The quantitative estimate of drug-likeness (QED) is 0.597. The van der Waals surface area contributed by atoms with Crippen LogP contribution in [0.1, 0.15) is 18.9 Å². The molecule has 2 N–H and O–H groups in total. The highest BCUT2D eigenvalue weighted by Gasteiger charge is 2.17. The second-order valence-electron chi connectivity index (χ2n) is 6.80. The summed E-state index contributed by atoms with van der Waals surface area (Å²) in [5.74, 6) is 1.05. The van der Waals surface area contributed by atoms with Crippen molar-refractivity contribution in [1.29, 1.82) is 0 Å². The summed E-state index contributed by atoms with van der Waals surface area (Å²) < 4.78 is 2.27. The first-order chi connectivity index (χ1) is 12.7. The molecule has 1 aromatic carbocycles. The van der Waals surface area contributed by atoms with Crippen LogP contribution >= 0.6 is 0 Å². The molecular formula is C21H25N5. The Morgan fingerprint density at radius 3 is 2.73 bits per heavy atom. The minimum absolute atomic E-state index is 0.694. The van der Waals surface area contributed by atoms with Crippen molar-refractivity contribution in [2.45, 2.75) is 20.3 Å². The van der Waals surface area contributed by atoms with Crippen LogP contribution in [0.2, 0.25) is 0 Å². The number of aromatic nitrogens is 3. The van der Waals surface area contributed by atoms with E-state index in [0.29, 0.717) is 6.54 Å². The van der Waals surface area contributed by atoms with Crippen LogP contribution in [0.4, 0.5) is 5.82 Å². The molecule has 26 heavy (non-hydrogen) atoms. The summed E-state index contributed by atoms with van der Waals surface area (Å²) >= 11 is 0. The number of nitrogens with zero attached hydrogens (tertiary/aromatic N) is 4. The molecule has 0 spiro atoms. The topological polar surface area (TPSA) is 60.0 Å². The van der Waals surface area contributed by atoms with Crippen molar-refractivity contribution >= 4 is 38.4 Å². The highest BCUT2D eigenvalue weighted by Crippen LogP contribution is 2.37. The zero-order chi connectivity index (χ0) is 18.3. The van der Waals surface area contributed by atoms with E-state index >= 15 is 0 Å². The number of pyridine rings is 2. The van der Waals surface area contributed by atoms with E-state index in [1.165, 1.54) is 38.1 Å². The Morgan fingerprint density at radius 1 is 1.12 bits per heavy atom. The summed E-state index contributed by atoms with van der Waals surface area (Å²) in [6.07, 6.45) is 6.71. The molecule has 134 valence electrons. The first-order valence-electron chi connectivity index (χ1n) is 9.22. The van der Waals surface area contributed by atoms with Crippen LogP contribution in [0.25, 0.3) is 32.6 Å². The molecule has 4 rings (SSSR count). The SMILES string of the molecule is CCN(CCCN)c1nccc2c(C)c3c(cc12)c1cnccc1n3C. The maximum absolute atomic E-state index is 5.73. The Hall–Kier alpha value is -2.66. The van der Waals surface area contributed by atoms with Gasteiger partial charge in [-0.3, -0.25) is 4.98 Å². The van der Waals surface area contributed by atoms with Gasteiger partial charge < -0.3 is 15.2 Å². The van der Waals surface area contributed by atoms with E-state index in [4.69, 9.17) is 10.7 Å². The summed E-state index contributed by atoms with van der Waals surface area (Å²) in [6, 6.07) is 6.49. The molecule has 0 bridgehead atoms. The lowest BCUT2D eigenvalue weighted by atomic mass is 10.0. The van der Waals surface area contributed by atoms with E-state index in [2.05, 4.69) is 53.5 Å². The van der Waals surface area contributed by atoms with Crippen molar-refractivity contribution < 1.29 is 0 Å². The van der Waals surface area contributed by atoms with E-state index in [1.54, 1.807) is 0 Å². The normalized spacial score (nSPS) is 11.7. The first-order valence-corrected chi connectivity index (χ1v) is 9.22. The van der Waals surface area contributed by atoms with Gasteiger partial charge in [0.05, 0.1) is 11.0 Å². The summed E-state index contributed by atoms with van der Waals surface area (Å²) in [5, 5.41) is 4.89. The van der Waals surface area contributed by atoms with Gasteiger partial charge in [0.15, 0.2) is 0 Å². The third kappa shape index (κ3) is 2.42. The van der Waals surface area contributed by atoms with E-state index in [1.807, 2.05) is 18.6 Å². The Bertz CT molecular complexity index is 1100. The molecule has 0 aliphatic heterocycles. The predicted molar refractivity (Wildman–Crippen MR) is 110 cm³/mol. The Kier molecular flexibility index (Phi) is 4.24. The second-order valence-corrected chi connectivity index (χ2v) is 6.80. The van der Waals surface area contributed by atoms with Crippen LogP contribution in [0, 0.1) is 6.92 Å². The molecule has 0 atom stereocenters. The number of hydrogen-bond donors (Lipinski definition) is 1. The van der Waals surface area contributed by atoms with E-state index in [9.17, 15) is 0 Å². The van der Waals surface area contributed by atoms with Gasteiger partial charge in [-0.05, 0) is 56.0 Å². The average Bonchev–Trinajstić information content (AvgIpc) is 2.96. The lowest BCUT2D eigenvalue weighted by Crippen LogP contribution is -2.26. The summed E-state index contributed by atoms with van der Waals surface area (Å²) in [4.78, 5) is 11.4. The standard InChI is InChI=1S/C21H25N5/c1-4-26(11-5-8-22)21-17-12-16-18-13-23-9-7-19(18)25(3)20(16)14(2)15(17)6-10-24-21/h6-7,9-10,12-13H,4-5,8,11,22H2,1-3H3. The van der Waals surface area contributed by atoms with E-state index in [0.717, 1.165) is 25.3 Å². The second kappa shape index (κ2) is 6.57. The molecule has 0 aliphatic rings. The first kappa shape index (κ1) is 16.8. The van der Waals surface area contributed by atoms with Crippen LogP contribution < -0.4 is 10.6 Å². The summed E-state index contributed by atoms with van der Waals surface area (Å²) in [7, 11) is 2.13. The van der Waals surface area contributed by atoms with Gasteiger partial charge in [0.25, 0.3) is 0 Å². The highest BCUT2D eigenvalue weighted by atomic mass is 15.2. The van der Waals surface area contributed by atoms with E-state index < -0.39 is 0 Å². The van der Waals surface area contributed by atoms with Gasteiger partial charge in [-0.25, -0.2) is 4.98 Å². The van der Waals surface area contributed by atoms with Crippen molar-refractivity contribution in [2.75, 3.05) is 24.5 Å². The van der Waals surface area contributed by atoms with Crippen molar-refractivity contribution in [3.05, 3.63) is 42.4 Å². The Balaban J connectivity index is 2.06. The number of nitrogens with two attached hydrogens (primary N) is 1. The minimum Gasteiger partial charge on any atom is -0.356 e. The van der Waals surface area contributed by atoms with Gasteiger partial charge >= 0.3 is 0 Å². The molecular weight excluding hydrogens is 322 g/mol. The Morgan fingerprint density at radius 2 is 1.96 bits per heavy atom. The number of benzene rings is 1. The van der Waals surface area contributed by atoms with Gasteiger partial charge in [0.1, 0.15) is 5.82 Å². The minimum atomic E-state index is 0.694. The van der Waals surface area contributed by atoms with Gasteiger partial charge in [0, 0.05) is 54.9 Å². The lowest BCUT2D eigenvalue weighted by Gasteiger charge is -2.23. The number of aryl methyl sites for hydroxylation is 2. The molecule has 0 amide bonds. The van der Waals surface area contributed by atoms with Gasteiger partial charge in [-0.2, -0.15) is 0 Å². The van der Waals surface area contributed by atoms with Gasteiger partial charge in [0.2, 0.25) is 0 Å². The van der Waals surface area contributed by atoms with Crippen LogP contribution in [0.15, 0.2) is 36.8 Å². The van der Waals surface area contributed by atoms with Crippen LogP contribution in [0.5, 0.6) is 0 Å². The van der Waals surface area contributed by atoms with Crippen LogP contribution in [-0.2, 0) is 7.05 Å². The monoisotopic (exact) mass is 347 g/mol.